The smallest absolute Gasteiger partial charge is 0.339 e. The summed E-state index contributed by atoms with van der Waals surface area (Å²) in [7, 11) is 0.397. The molecule has 0 radical (unpaired) electrons. The molecule has 2 aromatic rings. The molecule has 0 saturated heterocycles. The molecule has 0 spiro atoms. The number of methoxy groups -OCH3 is 3. The Morgan fingerprint density at radius 1 is 0.968 bits per heavy atom. The Balaban J connectivity index is 2.31. The number of ether oxygens (including phenoxy) is 3. The quantitative estimate of drug-likeness (QED) is 0.485. The first-order chi connectivity index (χ1) is 14.7. The van der Waals surface area contributed by atoms with Crippen LogP contribution < -0.4 is 13.7 Å². The van der Waals surface area contributed by atoms with Crippen molar-refractivity contribution in [1.82, 2.24) is 4.90 Å². The van der Waals surface area contributed by atoms with Gasteiger partial charge in [0.05, 0.1) is 20.8 Å². The zero-order valence-corrected chi connectivity index (χ0v) is 19.3. The van der Waals surface area contributed by atoms with Crippen molar-refractivity contribution < 1.29 is 31.6 Å². The average Bonchev–Trinajstić information content (AvgIpc) is 2.76. The van der Waals surface area contributed by atoms with Crippen LogP contribution in [-0.4, -0.2) is 53.7 Å². The summed E-state index contributed by atoms with van der Waals surface area (Å²) in [5.74, 6) is 0.630. The summed E-state index contributed by atoms with van der Waals surface area (Å²) in [6, 6.07) is 10.8. The summed E-state index contributed by atoms with van der Waals surface area (Å²) in [5.41, 5.74) is 0.700. The molecule has 0 N–H and O–H groups in total. The minimum absolute atomic E-state index is 0.0162. The molecule has 0 heterocycles. The van der Waals surface area contributed by atoms with E-state index in [1.807, 2.05) is 13.8 Å². The molecule has 0 fully saturated rings. The fraction of sp³-hybridized carbons (Fsp3) is 0.409. The Hall–Kier alpha value is -2.78. The van der Waals surface area contributed by atoms with Crippen LogP contribution in [0, 0.1) is 5.92 Å². The van der Waals surface area contributed by atoms with Crippen molar-refractivity contribution in [2.45, 2.75) is 25.3 Å². The van der Waals surface area contributed by atoms with Crippen LogP contribution in [-0.2, 0) is 26.2 Å². The van der Waals surface area contributed by atoms with Crippen molar-refractivity contribution in [3.8, 4) is 17.2 Å². The molecule has 0 aliphatic rings. The fourth-order valence-corrected chi connectivity index (χ4v) is 3.78. The summed E-state index contributed by atoms with van der Waals surface area (Å²) < 4.78 is 46.3. The molecule has 0 unspecified atom stereocenters. The second-order valence-corrected chi connectivity index (χ2v) is 8.65. The zero-order valence-electron chi connectivity index (χ0n) is 18.5. The topological polar surface area (TPSA) is 91.4 Å². The van der Waals surface area contributed by atoms with E-state index in [2.05, 4.69) is 0 Å². The van der Waals surface area contributed by atoms with E-state index in [9.17, 15) is 13.2 Å². The van der Waals surface area contributed by atoms with Gasteiger partial charge in [-0.1, -0.05) is 19.9 Å². The fourth-order valence-electron chi connectivity index (χ4n) is 2.85. The summed E-state index contributed by atoms with van der Waals surface area (Å²) in [4.78, 5) is 14.2. The third kappa shape index (κ3) is 6.60. The predicted molar refractivity (Wildman–Crippen MR) is 116 cm³/mol. The van der Waals surface area contributed by atoms with Gasteiger partial charge in [-0.05, 0) is 42.0 Å². The molecule has 0 atom stereocenters. The molecule has 8 nitrogen and oxygen atoms in total. The van der Waals surface area contributed by atoms with E-state index < -0.39 is 10.1 Å². The van der Waals surface area contributed by atoms with Crippen LogP contribution in [0.25, 0.3) is 0 Å². The second-order valence-electron chi connectivity index (χ2n) is 7.11. The number of hydrogen-bond donors (Lipinski definition) is 0. The lowest BCUT2D eigenvalue weighted by Gasteiger charge is -2.25. The summed E-state index contributed by atoms with van der Waals surface area (Å²) in [6.07, 6.45) is 0. The largest absolute Gasteiger partial charge is 0.497 e. The Morgan fingerprint density at radius 2 is 1.65 bits per heavy atom. The molecule has 31 heavy (non-hydrogen) atoms. The molecule has 0 aromatic heterocycles. The number of carbonyl (C=O) groups is 1. The lowest BCUT2D eigenvalue weighted by atomic mass is 10.1. The molecular weight excluding hydrogens is 422 g/mol. The number of nitrogens with zero attached hydrogens (tertiary/aromatic N) is 1. The van der Waals surface area contributed by atoms with Gasteiger partial charge in [0.15, 0.2) is 11.5 Å². The zero-order chi connectivity index (χ0) is 23.0. The van der Waals surface area contributed by atoms with Crippen LogP contribution in [0.1, 0.15) is 19.4 Å². The van der Waals surface area contributed by atoms with Crippen molar-refractivity contribution in [3.63, 3.8) is 0 Å². The van der Waals surface area contributed by atoms with Gasteiger partial charge in [-0.2, -0.15) is 8.42 Å². The van der Waals surface area contributed by atoms with Gasteiger partial charge < -0.3 is 23.3 Å². The first-order valence-electron chi connectivity index (χ1n) is 9.75. The molecular formula is C22H29NO7S. The number of benzene rings is 2. The maximum atomic E-state index is 12.7. The molecule has 0 aliphatic carbocycles. The normalized spacial score (nSPS) is 11.3. The molecule has 0 bridgehead atoms. The van der Waals surface area contributed by atoms with Crippen LogP contribution in [0.2, 0.25) is 0 Å². The molecule has 170 valence electrons. The van der Waals surface area contributed by atoms with Crippen molar-refractivity contribution in [2.75, 3.05) is 34.5 Å². The minimum atomic E-state index is -4.10. The molecule has 9 heteroatoms. The standard InChI is InChI=1S/C22H29NO7S/c1-16(2)22(24)23(12-13-27-3)15-17-6-11-20(29-5)21(14-17)30-31(25,26)19-9-7-18(28-4)8-10-19/h6-11,14,16H,12-13,15H2,1-5H3. The Kier molecular flexibility index (Phi) is 8.70. The second kappa shape index (κ2) is 11.0. The summed E-state index contributed by atoms with van der Waals surface area (Å²) >= 11 is 0. The van der Waals surface area contributed by atoms with Crippen molar-refractivity contribution in [2.24, 2.45) is 5.92 Å². The first kappa shape index (κ1) is 24.5. The lowest BCUT2D eigenvalue weighted by molar-refractivity contribution is -0.135. The SMILES string of the molecule is COCCN(Cc1ccc(OC)c(OS(=O)(=O)c2ccc(OC)cc2)c1)C(=O)C(C)C. The maximum Gasteiger partial charge on any atom is 0.339 e. The Bertz CT molecular complexity index is 972. The van der Waals surface area contributed by atoms with Crippen LogP contribution in [0.15, 0.2) is 47.4 Å². The van der Waals surface area contributed by atoms with E-state index in [1.165, 1.54) is 38.5 Å². The van der Waals surface area contributed by atoms with E-state index in [-0.39, 0.29) is 34.8 Å². The van der Waals surface area contributed by atoms with E-state index in [0.29, 0.717) is 24.5 Å². The summed E-state index contributed by atoms with van der Waals surface area (Å²) in [5, 5.41) is 0. The van der Waals surface area contributed by atoms with Crippen LogP contribution in [0.5, 0.6) is 17.2 Å². The third-order valence-electron chi connectivity index (χ3n) is 4.52. The highest BCUT2D eigenvalue weighted by Crippen LogP contribution is 2.31. The molecule has 1 amide bonds. The van der Waals surface area contributed by atoms with Gasteiger partial charge in [0, 0.05) is 26.1 Å². The summed E-state index contributed by atoms with van der Waals surface area (Å²) in [6.45, 7) is 4.74. The number of amides is 1. The predicted octanol–water partition coefficient (Wildman–Crippen LogP) is 3.10. The van der Waals surface area contributed by atoms with Gasteiger partial charge in [-0.15, -0.1) is 0 Å². The van der Waals surface area contributed by atoms with Gasteiger partial charge in [-0.25, -0.2) is 0 Å². The van der Waals surface area contributed by atoms with E-state index in [0.717, 1.165) is 0 Å². The monoisotopic (exact) mass is 451 g/mol. The minimum Gasteiger partial charge on any atom is -0.497 e. The molecule has 0 aliphatic heterocycles. The van der Waals surface area contributed by atoms with Crippen LogP contribution in [0.3, 0.4) is 0 Å². The first-order valence-corrected chi connectivity index (χ1v) is 11.2. The lowest BCUT2D eigenvalue weighted by Crippen LogP contribution is -2.36. The highest BCUT2D eigenvalue weighted by atomic mass is 32.2. The van der Waals surface area contributed by atoms with Crippen molar-refractivity contribution in [1.29, 1.82) is 0 Å². The van der Waals surface area contributed by atoms with Crippen LogP contribution in [0.4, 0.5) is 0 Å². The molecule has 0 saturated carbocycles. The van der Waals surface area contributed by atoms with Crippen molar-refractivity contribution >= 4 is 16.0 Å². The Labute approximate surface area is 183 Å². The van der Waals surface area contributed by atoms with Gasteiger partial charge >= 0.3 is 10.1 Å². The van der Waals surface area contributed by atoms with Crippen molar-refractivity contribution in [3.05, 3.63) is 48.0 Å². The van der Waals surface area contributed by atoms with E-state index >= 15 is 0 Å². The van der Waals surface area contributed by atoms with Gasteiger partial charge in [0.1, 0.15) is 10.6 Å². The van der Waals surface area contributed by atoms with E-state index in [1.54, 1.807) is 30.2 Å². The number of hydrogen-bond acceptors (Lipinski definition) is 7. The third-order valence-corrected chi connectivity index (χ3v) is 5.77. The average molecular weight is 452 g/mol. The van der Waals surface area contributed by atoms with Gasteiger partial charge in [0.2, 0.25) is 5.91 Å². The highest BCUT2D eigenvalue weighted by molar-refractivity contribution is 7.87. The van der Waals surface area contributed by atoms with Gasteiger partial charge in [-0.3, -0.25) is 4.79 Å². The Morgan fingerprint density at radius 3 is 2.19 bits per heavy atom. The highest BCUT2D eigenvalue weighted by Gasteiger charge is 2.21. The molecule has 2 rings (SSSR count). The number of carbonyl (C=O) groups excluding carboxylic acids is 1. The van der Waals surface area contributed by atoms with E-state index in [4.69, 9.17) is 18.4 Å². The molecule has 2 aromatic carbocycles. The number of rotatable bonds is 11. The maximum absolute atomic E-state index is 12.7. The van der Waals surface area contributed by atoms with Gasteiger partial charge in [0.25, 0.3) is 0 Å². The van der Waals surface area contributed by atoms with Crippen LogP contribution >= 0.6 is 0 Å².